The largest absolute Gasteiger partial charge is 0.445 e. The number of amides is 3. The van der Waals surface area contributed by atoms with Crippen LogP contribution >= 0.6 is 0 Å². The second-order valence-electron chi connectivity index (χ2n) is 10.9. The van der Waals surface area contributed by atoms with Gasteiger partial charge in [0.25, 0.3) is 5.91 Å². The number of hydrogen-bond donors (Lipinski definition) is 3. The van der Waals surface area contributed by atoms with Crippen molar-refractivity contribution < 1.29 is 32.7 Å². The highest BCUT2D eigenvalue weighted by atomic mass is 19.3. The van der Waals surface area contributed by atoms with Crippen molar-refractivity contribution in [2.75, 3.05) is 0 Å². The van der Waals surface area contributed by atoms with E-state index in [0.717, 1.165) is 5.56 Å². The Morgan fingerprint density at radius 3 is 1.76 bits per heavy atom. The number of ether oxygens (including phenoxy) is 1. The molecule has 222 valence electrons. The van der Waals surface area contributed by atoms with Crippen LogP contribution in [0.25, 0.3) is 0 Å². The Balaban J connectivity index is 1.76. The van der Waals surface area contributed by atoms with Gasteiger partial charge in [-0.25, -0.2) is 4.79 Å². The maximum absolute atomic E-state index is 15.2. The predicted molar refractivity (Wildman–Crippen MR) is 153 cm³/mol. The van der Waals surface area contributed by atoms with Crippen molar-refractivity contribution >= 4 is 23.7 Å². The molecule has 0 radical (unpaired) electrons. The van der Waals surface area contributed by atoms with Gasteiger partial charge in [0.15, 0.2) is 0 Å². The molecule has 0 saturated heterocycles. The van der Waals surface area contributed by atoms with Crippen LogP contribution < -0.4 is 16.0 Å². The summed E-state index contributed by atoms with van der Waals surface area (Å²) in [7, 11) is 0. The fourth-order valence-corrected chi connectivity index (χ4v) is 4.09. The third-order valence-corrected chi connectivity index (χ3v) is 6.41. The third-order valence-electron chi connectivity index (χ3n) is 6.41. The summed E-state index contributed by atoms with van der Waals surface area (Å²) in [5.74, 6) is -8.88. The fraction of sp³-hybridized carbons (Fsp3) is 0.312. The standard InChI is InChI=1S/C32H35F2N3O5/c1-31(2,3)26(37-30(41)42-21-24-17-11-6-12-18-24)28(39)36-25(19-22-13-7-4-8-14-22)27(38)32(33,34)29(40)35-20-23-15-9-5-10-16-23/h4-18,25-26H,19-21H2,1-3H3,(H,35,40)(H,36,39)(H,37,41)/t25?,26-/m1/s1. The zero-order valence-corrected chi connectivity index (χ0v) is 23.7. The fourth-order valence-electron chi connectivity index (χ4n) is 4.09. The molecule has 3 amide bonds. The van der Waals surface area contributed by atoms with Crippen molar-refractivity contribution in [3.63, 3.8) is 0 Å². The number of ketones is 1. The van der Waals surface area contributed by atoms with Gasteiger partial charge in [-0.2, -0.15) is 8.78 Å². The first-order valence-corrected chi connectivity index (χ1v) is 13.4. The van der Waals surface area contributed by atoms with E-state index in [-0.39, 0.29) is 19.6 Å². The number of carbonyl (C=O) groups excluding carboxylic acids is 4. The van der Waals surface area contributed by atoms with Crippen molar-refractivity contribution in [3.05, 3.63) is 108 Å². The lowest BCUT2D eigenvalue weighted by Gasteiger charge is -2.32. The van der Waals surface area contributed by atoms with Gasteiger partial charge in [-0.3, -0.25) is 14.4 Å². The molecule has 1 unspecified atom stereocenters. The number of hydrogen-bond acceptors (Lipinski definition) is 5. The number of rotatable bonds is 12. The minimum absolute atomic E-state index is 0.0510. The minimum Gasteiger partial charge on any atom is -0.445 e. The Morgan fingerprint density at radius 1 is 0.738 bits per heavy atom. The first kappa shape index (κ1) is 31.9. The van der Waals surface area contributed by atoms with Crippen LogP contribution in [0.15, 0.2) is 91.0 Å². The van der Waals surface area contributed by atoms with Gasteiger partial charge >= 0.3 is 12.0 Å². The van der Waals surface area contributed by atoms with E-state index in [0.29, 0.717) is 11.1 Å². The molecule has 0 aliphatic rings. The average Bonchev–Trinajstić information content (AvgIpc) is 2.97. The molecule has 3 aromatic carbocycles. The van der Waals surface area contributed by atoms with E-state index >= 15 is 8.78 Å². The van der Waals surface area contributed by atoms with E-state index < -0.39 is 47.1 Å². The third kappa shape index (κ3) is 9.22. The molecule has 0 spiro atoms. The van der Waals surface area contributed by atoms with Gasteiger partial charge in [0.05, 0.1) is 6.04 Å². The summed E-state index contributed by atoms with van der Waals surface area (Å²) in [6, 6.07) is 22.5. The first-order chi connectivity index (χ1) is 19.9. The van der Waals surface area contributed by atoms with Crippen LogP contribution in [0.1, 0.15) is 37.5 Å². The maximum Gasteiger partial charge on any atom is 0.408 e. The predicted octanol–water partition coefficient (Wildman–Crippen LogP) is 4.58. The molecular weight excluding hydrogens is 544 g/mol. The van der Waals surface area contributed by atoms with Crippen molar-refractivity contribution in [2.45, 2.75) is 58.3 Å². The maximum atomic E-state index is 15.2. The average molecular weight is 580 g/mol. The number of nitrogens with one attached hydrogen (secondary N) is 3. The van der Waals surface area contributed by atoms with Crippen LogP contribution in [0.5, 0.6) is 0 Å². The molecule has 0 aromatic heterocycles. The Kier molecular flexibility index (Phi) is 10.9. The van der Waals surface area contributed by atoms with Crippen molar-refractivity contribution in [2.24, 2.45) is 5.41 Å². The highest BCUT2D eigenvalue weighted by Gasteiger charge is 2.51. The zero-order valence-electron chi connectivity index (χ0n) is 23.7. The first-order valence-electron chi connectivity index (χ1n) is 13.4. The molecule has 3 N–H and O–H groups in total. The molecule has 8 nitrogen and oxygen atoms in total. The lowest BCUT2D eigenvalue weighted by atomic mass is 9.85. The summed E-state index contributed by atoms with van der Waals surface area (Å²) < 4.78 is 35.7. The lowest BCUT2D eigenvalue weighted by Crippen LogP contribution is -2.60. The molecule has 0 fully saturated rings. The van der Waals surface area contributed by atoms with E-state index in [1.165, 1.54) is 0 Å². The number of Topliss-reactive ketones (excluding diaryl/α,β-unsaturated/α-hetero) is 1. The van der Waals surface area contributed by atoms with Gasteiger partial charge in [-0.1, -0.05) is 112 Å². The molecule has 3 rings (SSSR count). The van der Waals surface area contributed by atoms with Crippen LogP contribution in [-0.2, 0) is 38.7 Å². The monoisotopic (exact) mass is 579 g/mol. The summed E-state index contributed by atoms with van der Waals surface area (Å²) >= 11 is 0. The van der Waals surface area contributed by atoms with Gasteiger partial charge in [0.1, 0.15) is 12.6 Å². The highest BCUT2D eigenvalue weighted by Crippen LogP contribution is 2.23. The Bertz CT molecular complexity index is 1350. The van der Waals surface area contributed by atoms with Gasteiger partial charge in [-0.05, 0) is 22.1 Å². The Hall–Kier alpha value is -4.60. The van der Waals surface area contributed by atoms with Crippen molar-refractivity contribution in [1.29, 1.82) is 0 Å². The summed E-state index contributed by atoms with van der Waals surface area (Å²) in [6.07, 6.45) is -1.20. The van der Waals surface area contributed by atoms with E-state index in [4.69, 9.17) is 4.74 Å². The lowest BCUT2D eigenvalue weighted by molar-refractivity contribution is -0.160. The SMILES string of the molecule is CC(C)(C)[C@H](NC(=O)OCc1ccccc1)C(=O)NC(Cc1ccccc1)C(=O)C(F)(F)C(=O)NCc1ccccc1. The smallest absolute Gasteiger partial charge is 0.408 e. The molecule has 0 saturated carbocycles. The number of benzene rings is 3. The summed E-state index contributed by atoms with van der Waals surface area (Å²) in [6.45, 7) is 4.72. The van der Waals surface area contributed by atoms with E-state index in [1.807, 2.05) is 6.07 Å². The van der Waals surface area contributed by atoms with E-state index in [2.05, 4.69) is 16.0 Å². The Labute approximate surface area is 243 Å². The van der Waals surface area contributed by atoms with Crippen molar-refractivity contribution in [1.82, 2.24) is 16.0 Å². The van der Waals surface area contributed by atoms with E-state index in [9.17, 15) is 19.2 Å². The molecule has 0 heterocycles. The molecule has 0 aliphatic heterocycles. The number of carbonyl (C=O) groups is 4. The van der Waals surface area contributed by atoms with Gasteiger partial charge in [-0.15, -0.1) is 0 Å². The van der Waals surface area contributed by atoms with Crippen molar-refractivity contribution in [3.8, 4) is 0 Å². The van der Waals surface area contributed by atoms with Gasteiger partial charge in [0, 0.05) is 13.0 Å². The zero-order chi connectivity index (χ0) is 30.8. The van der Waals surface area contributed by atoms with Crippen LogP contribution in [0.3, 0.4) is 0 Å². The van der Waals surface area contributed by atoms with Crippen LogP contribution in [0.2, 0.25) is 0 Å². The summed E-state index contributed by atoms with van der Waals surface area (Å²) in [5.41, 5.74) is 0.887. The molecule has 42 heavy (non-hydrogen) atoms. The van der Waals surface area contributed by atoms with Crippen LogP contribution in [0, 0.1) is 5.41 Å². The minimum atomic E-state index is -4.44. The second kappa shape index (κ2) is 14.3. The quantitative estimate of drug-likeness (QED) is 0.272. The van der Waals surface area contributed by atoms with Crippen LogP contribution in [-0.4, -0.2) is 41.7 Å². The summed E-state index contributed by atoms with van der Waals surface area (Å²) in [5, 5.41) is 6.95. The van der Waals surface area contributed by atoms with Gasteiger partial charge in [0.2, 0.25) is 11.7 Å². The molecule has 3 aromatic rings. The molecule has 10 heteroatoms. The number of halogens is 2. The molecular formula is C32H35F2N3O5. The Morgan fingerprint density at radius 2 is 1.24 bits per heavy atom. The van der Waals surface area contributed by atoms with Crippen LogP contribution in [0.4, 0.5) is 13.6 Å². The number of alkyl halides is 2. The molecule has 2 atom stereocenters. The topological polar surface area (TPSA) is 114 Å². The number of alkyl carbamates (subject to hydrolysis) is 1. The summed E-state index contributed by atoms with van der Waals surface area (Å²) in [4.78, 5) is 51.7. The molecule has 0 bridgehead atoms. The normalized spacial score (nSPS) is 12.9. The molecule has 0 aliphatic carbocycles. The second-order valence-corrected chi connectivity index (χ2v) is 10.9. The van der Waals surface area contributed by atoms with E-state index in [1.54, 1.807) is 106 Å². The van der Waals surface area contributed by atoms with Gasteiger partial charge < -0.3 is 20.7 Å². The highest BCUT2D eigenvalue weighted by molar-refractivity contribution is 6.10.